The van der Waals surface area contributed by atoms with Gasteiger partial charge in [-0.25, -0.2) is 9.90 Å². The fourth-order valence-electron chi connectivity index (χ4n) is 5.06. The van der Waals surface area contributed by atoms with Crippen LogP contribution in [0.2, 0.25) is 0 Å². The first-order valence-electron chi connectivity index (χ1n) is 10.8. The van der Waals surface area contributed by atoms with E-state index >= 15 is 0 Å². The Labute approximate surface area is 178 Å². The molecule has 0 aromatic heterocycles. The highest BCUT2D eigenvalue weighted by Crippen LogP contribution is 2.47. The van der Waals surface area contributed by atoms with Gasteiger partial charge >= 0.3 is 0 Å². The molecule has 4 rings (SSSR count). The van der Waals surface area contributed by atoms with Gasteiger partial charge in [0.25, 0.3) is 5.91 Å². The van der Waals surface area contributed by atoms with Crippen molar-refractivity contribution in [1.82, 2.24) is 10.1 Å². The van der Waals surface area contributed by atoms with Crippen molar-refractivity contribution in [3.8, 4) is 0 Å². The molecule has 0 aliphatic carbocycles. The van der Waals surface area contributed by atoms with E-state index in [0.717, 1.165) is 41.5 Å². The average molecular weight is 417 g/mol. The quantitative estimate of drug-likeness (QED) is 0.809. The van der Waals surface area contributed by atoms with Crippen LogP contribution in [0.15, 0.2) is 17.9 Å². The number of ether oxygens (including phenoxy) is 1. The molecule has 3 aliphatic heterocycles. The number of hydrogen-bond donors (Lipinski definition) is 1. The molecule has 7 heteroatoms. The van der Waals surface area contributed by atoms with Crippen molar-refractivity contribution in [3.63, 3.8) is 0 Å². The normalized spacial score (nSPS) is 24.9. The summed E-state index contributed by atoms with van der Waals surface area (Å²) in [6, 6.07) is 4.09. The summed E-state index contributed by atoms with van der Waals surface area (Å²) in [6.45, 7) is 7.82. The number of carbonyl (C=O) groups excluding carboxylic acids is 1. The zero-order valence-corrected chi connectivity index (χ0v) is 18.4. The van der Waals surface area contributed by atoms with Crippen LogP contribution in [-0.2, 0) is 19.2 Å². The van der Waals surface area contributed by atoms with Gasteiger partial charge in [-0.1, -0.05) is 17.7 Å². The number of amides is 1. The lowest BCUT2D eigenvalue weighted by atomic mass is 9.85. The van der Waals surface area contributed by atoms with Crippen LogP contribution in [0.1, 0.15) is 54.4 Å². The first-order chi connectivity index (χ1) is 14.4. The molecule has 3 aliphatic rings. The number of carbonyl (C=O) groups is 1. The van der Waals surface area contributed by atoms with Crippen molar-refractivity contribution in [2.75, 3.05) is 26.8 Å². The van der Waals surface area contributed by atoms with Crippen LogP contribution in [0.3, 0.4) is 0 Å². The minimum atomic E-state index is -0.897. The van der Waals surface area contributed by atoms with Crippen molar-refractivity contribution in [3.05, 3.63) is 40.1 Å². The Balaban J connectivity index is 1.76. The van der Waals surface area contributed by atoms with E-state index in [2.05, 4.69) is 0 Å². The van der Waals surface area contributed by atoms with E-state index in [1.165, 1.54) is 5.06 Å². The van der Waals surface area contributed by atoms with E-state index in [-0.39, 0.29) is 11.7 Å². The molecule has 0 radical (unpaired) electrons. The van der Waals surface area contributed by atoms with Crippen LogP contribution in [0.25, 0.3) is 5.57 Å². The molecule has 1 aromatic rings. The lowest BCUT2D eigenvalue weighted by Crippen LogP contribution is -2.56. The monoisotopic (exact) mass is 416 g/mol. The molecule has 2 fully saturated rings. The molecule has 1 amide bonds. The van der Waals surface area contributed by atoms with Gasteiger partial charge in [0, 0.05) is 26.1 Å². The van der Waals surface area contributed by atoms with Crippen LogP contribution in [-0.4, -0.2) is 59.8 Å². The maximum absolute atomic E-state index is 13.7. The number of aryl methyl sites for hydroxylation is 3. The summed E-state index contributed by atoms with van der Waals surface area (Å²) in [4.78, 5) is 25.2. The maximum Gasteiger partial charge on any atom is 0.282 e. The molecular weight excluding hydrogens is 384 g/mol. The van der Waals surface area contributed by atoms with Crippen LogP contribution in [0.4, 0.5) is 0 Å². The number of aliphatic hydroxyl groups is 1. The van der Waals surface area contributed by atoms with Crippen molar-refractivity contribution in [1.29, 1.82) is 0 Å². The second-order valence-corrected chi connectivity index (χ2v) is 8.64. The Kier molecular flexibility index (Phi) is 5.90. The largest absolute Gasteiger partial charge is 0.509 e. The van der Waals surface area contributed by atoms with Crippen molar-refractivity contribution < 1.29 is 24.3 Å². The molecule has 1 aromatic carbocycles. The summed E-state index contributed by atoms with van der Waals surface area (Å²) in [5.74, 6) is -0.184. The average Bonchev–Trinajstić information content (AvgIpc) is 2.91. The number of benzene rings is 1. The molecule has 0 bridgehead atoms. The van der Waals surface area contributed by atoms with Gasteiger partial charge in [-0.3, -0.25) is 4.79 Å². The van der Waals surface area contributed by atoms with Crippen molar-refractivity contribution >= 4 is 11.5 Å². The number of nitrogens with zero attached hydrogens (tertiary/aromatic N) is 2. The zero-order chi connectivity index (χ0) is 21.5. The highest BCUT2D eigenvalue weighted by molar-refractivity contribution is 6.23. The smallest absolute Gasteiger partial charge is 0.282 e. The number of hydrogen-bond acceptors (Lipinski definition) is 6. The second-order valence-electron chi connectivity index (χ2n) is 8.64. The zero-order valence-electron chi connectivity index (χ0n) is 18.4. The van der Waals surface area contributed by atoms with Gasteiger partial charge in [0.15, 0.2) is 6.29 Å². The summed E-state index contributed by atoms with van der Waals surface area (Å²) < 4.78 is 5.75. The van der Waals surface area contributed by atoms with E-state index in [0.29, 0.717) is 38.1 Å². The third-order valence-electron chi connectivity index (χ3n) is 6.56. The fourth-order valence-corrected chi connectivity index (χ4v) is 5.06. The topological polar surface area (TPSA) is 71.5 Å². The maximum atomic E-state index is 13.7. The van der Waals surface area contributed by atoms with Crippen LogP contribution in [0.5, 0.6) is 0 Å². The Bertz CT molecular complexity index is 828. The molecule has 1 unspecified atom stereocenters. The number of hydroxylamine groups is 4. The fraction of sp³-hybridized carbons (Fsp3) is 0.609. The molecule has 1 N–H and O–H groups in total. The molecule has 3 heterocycles. The van der Waals surface area contributed by atoms with Gasteiger partial charge < -0.3 is 14.7 Å². The highest BCUT2D eigenvalue weighted by Gasteiger charge is 2.56. The molecule has 30 heavy (non-hydrogen) atoms. The first kappa shape index (κ1) is 21.3. The Morgan fingerprint density at radius 2 is 1.80 bits per heavy atom. The molecule has 2 saturated heterocycles. The SMILES string of the molecule is CON1CCC2(CC1)C(O)=C(c1c(C)cc(C)cc1C)C(=O)N2OC1CCCCO1. The summed E-state index contributed by atoms with van der Waals surface area (Å²) in [6.07, 6.45) is 3.32. The van der Waals surface area contributed by atoms with Gasteiger partial charge in [0.05, 0.1) is 12.7 Å². The molecule has 7 nitrogen and oxygen atoms in total. The van der Waals surface area contributed by atoms with Crippen LogP contribution >= 0.6 is 0 Å². The van der Waals surface area contributed by atoms with E-state index < -0.39 is 11.8 Å². The molecule has 1 atom stereocenters. The molecule has 0 saturated carbocycles. The third-order valence-corrected chi connectivity index (χ3v) is 6.56. The second kappa shape index (κ2) is 8.30. The lowest BCUT2D eigenvalue weighted by molar-refractivity contribution is -0.309. The van der Waals surface area contributed by atoms with Crippen LogP contribution in [0, 0.1) is 20.8 Å². The Hall–Kier alpha value is -1.93. The predicted molar refractivity (Wildman–Crippen MR) is 112 cm³/mol. The highest BCUT2D eigenvalue weighted by atomic mass is 16.8. The Morgan fingerprint density at radius 1 is 1.13 bits per heavy atom. The van der Waals surface area contributed by atoms with Crippen LogP contribution < -0.4 is 0 Å². The van der Waals surface area contributed by atoms with Crippen molar-refractivity contribution in [2.24, 2.45) is 0 Å². The summed E-state index contributed by atoms with van der Waals surface area (Å²) in [5, 5.41) is 14.8. The minimum absolute atomic E-state index is 0.106. The lowest BCUT2D eigenvalue weighted by Gasteiger charge is -2.44. The molecular formula is C23H32N2O5. The molecule has 164 valence electrons. The minimum Gasteiger partial charge on any atom is -0.509 e. The molecule has 1 spiro atoms. The number of aliphatic hydroxyl groups excluding tert-OH is 1. The summed E-state index contributed by atoms with van der Waals surface area (Å²) in [5.41, 5.74) is 3.34. The number of piperidine rings is 1. The standard InChI is InChI=1S/C23H32N2O5/c1-15-13-16(2)19(17(3)14-15)20-21(26)23(8-10-24(28-4)11-9-23)25(22(20)27)30-18-7-5-6-12-29-18/h13-14,18,26H,5-12H2,1-4H3. The van der Waals surface area contributed by atoms with E-state index in [9.17, 15) is 9.90 Å². The van der Waals surface area contributed by atoms with Gasteiger partial charge in [-0.2, -0.15) is 5.06 Å². The summed E-state index contributed by atoms with van der Waals surface area (Å²) in [7, 11) is 1.64. The van der Waals surface area contributed by atoms with E-state index in [4.69, 9.17) is 14.4 Å². The van der Waals surface area contributed by atoms with E-state index in [1.807, 2.05) is 38.0 Å². The van der Waals surface area contributed by atoms with Gasteiger partial charge in [0.2, 0.25) is 0 Å². The van der Waals surface area contributed by atoms with E-state index in [1.54, 1.807) is 7.11 Å². The van der Waals surface area contributed by atoms with Gasteiger partial charge in [-0.05, 0) is 63.1 Å². The first-order valence-corrected chi connectivity index (χ1v) is 10.8. The Morgan fingerprint density at radius 3 is 2.37 bits per heavy atom. The van der Waals surface area contributed by atoms with Crippen molar-refractivity contribution in [2.45, 2.75) is 64.7 Å². The van der Waals surface area contributed by atoms with Gasteiger partial charge in [0.1, 0.15) is 11.3 Å². The van der Waals surface area contributed by atoms with Gasteiger partial charge in [-0.15, -0.1) is 0 Å². The number of rotatable bonds is 4. The summed E-state index contributed by atoms with van der Waals surface area (Å²) >= 11 is 0. The predicted octanol–water partition coefficient (Wildman–Crippen LogP) is 3.58. The third kappa shape index (κ3) is 3.54.